The first-order valence-electron chi connectivity index (χ1n) is 10.2. The molecule has 12 heteroatoms. The topological polar surface area (TPSA) is 115 Å². The second kappa shape index (κ2) is 9.39. The van der Waals surface area contributed by atoms with Crippen LogP contribution in [0, 0.1) is 10.1 Å². The minimum Gasteiger partial charge on any atom is -0.465 e. The van der Waals surface area contributed by atoms with Gasteiger partial charge in [-0.15, -0.1) is 0 Å². The molecular weight excluding hydrogens is 480 g/mol. The third kappa shape index (κ3) is 3.88. The number of allylic oxidation sites excluding steroid dienone is 1. The average Bonchev–Trinajstić information content (AvgIpc) is 3.36. The number of anilines is 2. The molecule has 1 atom stereocenters. The fourth-order valence-electron chi connectivity index (χ4n) is 3.61. The first kappa shape index (κ1) is 23.6. The Balaban J connectivity index is 1.95. The Hall–Kier alpha value is -3.51. The lowest BCUT2D eigenvalue weighted by atomic mass is 10.2. The van der Waals surface area contributed by atoms with Crippen LogP contribution in [-0.2, 0) is 19.1 Å². The van der Waals surface area contributed by atoms with Gasteiger partial charge in [0.05, 0.1) is 18.6 Å². The van der Waals surface area contributed by atoms with Crippen LogP contribution in [0.4, 0.5) is 17.1 Å². The van der Waals surface area contributed by atoms with Gasteiger partial charge in [0.2, 0.25) is 9.37 Å². The lowest BCUT2D eigenvalue weighted by Gasteiger charge is -2.40. The van der Waals surface area contributed by atoms with E-state index in [4.69, 9.17) is 9.47 Å². The number of rotatable bonds is 6. The number of benzene rings is 2. The van der Waals surface area contributed by atoms with Gasteiger partial charge in [-0.25, -0.2) is 14.6 Å². The summed E-state index contributed by atoms with van der Waals surface area (Å²) in [6.45, 7) is 3.56. The van der Waals surface area contributed by atoms with E-state index in [1.807, 2.05) is 35.2 Å². The van der Waals surface area contributed by atoms with E-state index in [0.717, 1.165) is 23.5 Å². The standard InChI is InChI=1S/C22H20N4O6S2/c1-4-32-21(28)19-23-25(16-12-8-9-13-17(16)26(29)30)22(34-19)24(15-10-6-5-7-11-15)14(2)18(33-22)20(27)31-3/h5-13H,4H2,1-3H3/t22-/m1/s1. The molecule has 10 nitrogen and oxygen atoms in total. The summed E-state index contributed by atoms with van der Waals surface area (Å²) >= 11 is 2.15. The van der Waals surface area contributed by atoms with Crippen molar-refractivity contribution >= 4 is 57.6 Å². The van der Waals surface area contributed by atoms with Crippen LogP contribution in [-0.4, -0.2) is 39.9 Å². The van der Waals surface area contributed by atoms with E-state index >= 15 is 0 Å². The summed E-state index contributed by atoms with van der Waals surface area (Å²) in [7, 11) is 1.28. The number of ether oxygens (including phenoxy) is 2. The number of para-hydroxylation sites is 3. The van der Waals surface area contributed by atoms with Crippen molar-refractivity contribution in [2.45, 2.75) is 18.2 Å². The first-order valence-corrected chi connectivity index (χ1v) is 11.8. The summed E-state index contributed by atoms with van der Waals surface area (Å²) in [5, 5.41) is 17.7. The van der Waals surface area contributed by atoms with Crippen molar-refractivity contribution in [2.24, 2.45) is 5.10 Å². The van der Waals surface area contributed by atoms with Crippen molar-refractivity contribution in [1.29, 1.82) is 0 Å². The summed E-state index contributed by atoms with van der Waals surface area (Å²) < 4.78 is 8.87. The monoisotopic (exact) mass is 500 g/mol. The fraction of sp³-hybridized carbons (Fsp3) is 0.227. The highest BCUT2D eigenvalue weighted by Crippen LogP contribution is 2.61. The van der Waals surface area contributed by atoms with Crippen LogP contribution in [0.15, 0.2) is 70.3 Å². The van der Waals surface area contributed by atoms with Crippen molar-refractivity contribution in [2.75, 3.05) is 23.6 Å². The van der Waals surface area contributed by atoms with Crippen LogP contribution < -0.4 is 9.91 Å². The number of esters is 2. The van der Waals surface area contributed by atoms with E-state index in [0.29, 0.717) is 16.3 Å². The predicted molar refractivity (Wildman–Crippen MR) is 131 cm³/mol. The van der Waals surface area contributed by atoms with Gasteiger partial charge in [0.25, 0.3) is 5.69 Å². The van der Waals surface area contributed by atoms with Crippen LogP contribution in [0.5, 0.6) is 0 Å². The van der Waals surface area contributed by atoms with Gasteiger partial charge in [0.15, 0.2) is 0 Å². The van der Waals surface area contributed by atoms with Crippen LogP contribution in [0.2, 0.25) is 0 Å². The molecule has 2 heterocycles. The number of hydrogen-bond acceptors (Lipinski definition) is 11. The number of methoxy groups -OCH3 is 1. The zero-order valence-corrected chi connectivity index (χ0v) is 20.1. The normalized spacial score (nSPS) is 19.4. The second-order valence-corrected chi connectivity index (χ2v) is 9.61. The quantitative estimate of drug-likeness (QED) is 0.323. The maximum Gasteiger partial charge on any atom is 0.365 e. The van der Waals surface area contributed by atoms with E-state index in [-0.39, 0.29) is 23.0 Å². The SMILES string of the molecule is CCOC(=O)C1=NN(c2ccccc2[N+](=O)[O-])[C@@]2(S1)SC(C(=O)OC)=C(C)N2c1ccccc1. The molecule has 0 radical (unpaired) electrons. The van der Waals surface area contributed by atoms with Gasteiger partial charge in [-0.05, 0) is 43.8 Å². The van der Waals surface area contributed by atoms with Crippen molar-refractivity contribution in [3.05, 3.63) is 75.3 Å². The molecule has 0 N–H and O–H groups in total. The molecule has 0 fully saturated rings. The van der Waals surface area contributed by atoms with Gasteiger partial charge in [-0.3, -0.25) is 10.1 Å². The van der Waals surface area contributed by atoms with Crippen LogP contribution in [0.3, 0.4) is 0 Å². The highest BCUT2D eigenvalue weighted by Gasteiger charge is 2.59. The van der Waals surface area contributed by atoms with Gasteiger partial charge in [0, 0.05) is 17.5 Å². The third-order valence-corrected chi connectivity index (χ3v) is 7.86. The molecule has 2 aromatic rings. The Labute approximate surface area is 203 Å². The Morgan fingerprint density at radius 1 is 1.09 bits per heavy atom. The molecule has 0 aromatic heterocycles. The van der Waals surface area contributed by atoms with Crippen LogP contribution >= 0.6 is 23.5 Å². The number of hydrogen-bond donors (Lipinski definition) is 0. The number of nitro groups is 1. The Bertz CT molecular complexity index is 1220. The summed E-state index contributed by atoms with van der Waals surface area (Å²) in [5.41, 5.74) is 1.21. The summed E-state index contributed by atoms with van der Waals surface area (Å²) in [5.74, 6) is -1.22. The van der Waals surface area contributed by atoms with Gasteiger partial charge >= 0.3 is 11.9 Å². The molecule has 0 unspecified atom stereocenters. The minimum atomic E-state index is -1.30. The zero-order chi connectivity index (χ0) is 24.5. The summed E-state index contributed by atoms with van der Waals surface area (Å²) in [6.07, 6.45) is 0. The van der Waals surface area contributed by atoms with Gasteiger partial charge in [0.1, 0.15) is 10.6 Å². The number of thioether (sulfide) groups is 2. The predicted octanol–water partition coefficient (Wildman–Crippen LogP) is 4.29. The van der Waals surface area contributed by atoms with Gasteiger partial charge in [-0.2, -0.15) is 5.10 Å². The fourth-order valence-corrected chi connectivity index (χ4v) is 6.57. The van der Waals surface area contributed by atoms with Crippen LogP contribution in [0.25, 0.3) is 0 Å². The van der Waals surface area contributed by atoms with E-state index in [2.05, 4.69) is 5.10 Å². The van der Waals surface area contributed by atoms with E-state index < -0.39 is 21.2 Å². The van der Waals surface area contributed by atoms with Crippen molar-refractivity contribution < 1.29 is 24.0 Å². The Morgan fingerprint density at radius 2 is 1.76 bits per heavy atom. The zero-order valence-electron chi connectivity index (χ0n) is 18.5. The number of hydrazone groups is 1. The molecule has 0 amide bonds. The van der Waals surface area contributed by atoms with Crippen molar-refractivity contribution in [1.82, 2.24) is 0 Å². The number of carbonyl (C=O) groups is 2. The molecule has 0 saturated carbocycles. The number of nitrogens with zero attached hydrogens (tertiary/aromatic N) is 4. The molecule has 0 bridgehead atoms. The molecule has 34 heavy (non-hydrogen) atoms. The molecular formula is C22H20N4O6S2. The lowest BCUT2D eigenvalue weighted by Crippen LogP contribution is -2.49. The minimum absolute atomic E-state index is 0.00680. The molecule has 1 spiro atoms. The molecule has 176 valence electrons. The molecule has 0 aliphatic carbocycles. The van der Waals surface area contributed by atoms with Gasteiger partial charge < -0.3 is 14.4 Å². The second-order valence-electron chi connectivity index (χ2n) is 7.01. The molecule has 0 saturated heterocycles. The smallest absolute Gasteiger partial charge is 0.365 e. The lowest BCUT2D eigenvalue weighted by molar-refractivity contribution is -0.384. The molecule has 2 aromatic carbocycles. The summed E-state index contributed by atoms with van der Waals surface area (Å²) in [4.78, 5) is 38.9. The van der Waals surface area contributed by atoms with E-state index in [1.165, 1.54) is 18.2 Å². The average molecular weight is 501 g/mol. The first-order chi connectivity index (χ1) is 16.3. The Kier molecular flexibility index (Phi) is 6.53. The largest absolute Gasteiger partial charge is 0.465 e. The van der Waals surface area contributed by atoms with Gasteiger partial charge in [-0.1, -0.05) is 42.1 Å². The molecule has 4 rings (SSSR count). The van der Waals surface area contributed by atoms with Crippen molar-refractivity contribution in [3.8, 4) is 0 Å². The molecule has 2 aliphatic heterocycles. The summed E-state index contributed by atoms with van der Waals surface area (Å²) in [6, 6.07) is 15.3. The number of nitro benzene ring substituents is 1. The third-order valence-electron chi connectivity index (χ3n) is 5.01. The van der Waals surface area contributed by atoms with Crippen molar-refractivity contribution in [3.63, 3.8) is 0 Å². The maximum absolute atomic E-state index is 12.7. The highest BCUT2D eigenvalue weighted by atomic mass is 32.2. The maximum atomic E-state index is 12.7. The molecule has 2 aliphatic rings. The van der Waals surface area contributed by atoms with E-state index in [1.54, 1.807) is 32.0 Å². The van der Waals surface area contributed by atoms with E-state index in [9.17, 15) is 19.7 Å². The Morgan fingerprint density at radius 3 is 2.41 bits per heavy atom. The number of carbonyl (C=O) groups excluding carboxylic acids is 2. The highest BCUT2D eigenvalue weighted by molar-refractivity contribution is 8.29. The van der Waals surface area contributed by atoms with Crippen LogP contribution in [0.1, 0.15) is 13.8 Å².